The van der Waals surface area contributed by atoms with Crippen LogP contribution in [0.4, 0.5) is 5.82 Å². The third-order valence-corrected chi connectivity index (χ3v) is 3.82. The first-order chi connectivity index (χ1) is 8.31. The Morgan fingerprint density at radius 1 is 1.47 bits per heavy atom. The summed E-state index contributed by atoms with van der Waals surface area (Å²) in [4.78, 5) is 18.3. The number of nitrogens with zero attached hydrogens (tertiary/aromatic N) is 2. The quantitative estimate of drug-likeness (QED) is 0.869. The molecule has 0 unspecified atom stereocenters. The van der Waals surface area contributed by atoms with Gasteiger partial charge in [-0.1, -0.05) is 0 Å². The van der Waals surface area contributed by atoms with Crippen molar-refractivity contribution in [2.45, 2.75) is 6.42 Å². The Balaban J connectivity index is 2.11. The Morgan fingerprint density at radius 3 is 3.18 bits per heavy atom. The molecule has 1 aliphatic rings. The van der Waals surface area contributed by atoms with Crippen LogP contribution in [-0.2, 0) is 0 Å². The van der Waals surface area contributed by atoms with Crippen molar-refractivity contribution in [3.05, 3.63) is 23.9 Å². The number of rotatable bonds is 2. The Labute approximate surface area is 106 Å². The topological polar surface area (TPSA) is 45.2 Å². The second kappa shape index (κ2) is 5.91. The lowest BCUT2D eigenvalue weighted by molar-refractivity contribution is 0.0768. The van der Waals surface area contributed by atoms with Crippen molar-refractivity contribution in [3.63, 3.8) is 0 Å². The molecule has 0 spiro atoms. The fourth-order valence-corrected chi connectivity index (χ4v) is 2.72. The SMILES string of the molecule is CNc1cc(C(=O)N2CCCSCC2)ccn1. The normalized spacial score (nSPS) is 16.4. The lowest BCUT2D eigenvalue weighted by atomic mass is 10.2. The molecule has 0 bridgehead atoms. The summed E-state index contributed by atoms with van der Waals surface area (Å²) in [6.45, 7) is 1.71. The van der Waals surface area contributed by atoms with Gasteiger partial charge in [0.05, 0.1) is 0 Å². The van der Waals surface area contributed by atoms with Crippen molar-refractivity contribution in [1.82, 2.24) is 9.88 Å². The molecule has 92 valence electrons. The van der Waals surface area contributed by atoms with Crippen LogP contribution in [-0.4, -0.2) is 47.4 Å². The summed E-state index contributed by atoms with van der Waals surface area (Å²) in [6.07, 6.45) is 2.76. The van der Waals surface area contributed by atoms with Gasteiger partial charge in [-0.25, -0.2) is 4.98 Å². The maximum atomic E-state index is 12.3. The lowest BCUT2D eigenvalue weighted by Crippen LogP contribution is -2.32. The van der Waals surface area contributed by atoms with E-state index in [0.717, 1.165) is 42.4 Å². The van der Waals surface area contributed by atoms with Gasteiger partial charge in [0.1, 0.15) is 5.82 Å². The molecule has 0 atom stereocenters. The van der Waals surface area contributed by atoms with Gasteiger partial charge in [0.15, 0.2) is 0 Å². The number of hydrogen-bond donors (Lipinski definition) is 1. The molecule has 0 radical (unpaired) electrons. The van der Waals surface area contributed by atoms with Crippen LogP contribution in [0.25, 0.3) is 0 Å². The molecule has 1 N–H and O–H groups in total. The number of thioether (sulfide) groups is 1. The summed E-state index contributed by atoms with van der Waals surface area (Å²) in [7, 11) is 1.80. The molecule has 1 aliphatic heterocycles. The third kappa shape index (κ3) is 3.12. The third-order valence-electron chi connectivity index (χ3n) is 2.77. The Kier molecular flexibility index (Phi) is 4.25. The zero-order valence-electron chi connectivity index (χ0n) is 9.98. The van der Waals surface area contributed by atoms with E-state index in [1.165, 1.54) is 0 Å². The smallest absolute Gasteiger partial charge is 0.254 e. The Morgan fingerprint density at radius 2 is 2.35 bits per heavy atom. The van der Waals surface area contributed by atoms with Gasteiger partial charge >= 0.3 is 0 Å². The first kappa shape index (κ1) is 12.2. The predicted molar refractivity (Wildman–Crippen MR) is 71.6 cm³/mol. The van der Waals surface area contributed by atoms with E-state index in [1.807, 2.05) is 16.7 Å². The Hall–Kier alpha value is -1.23. The highest BCUT2D eigenvalue weighted by Crippen LogP contribution is 2.14. The molecule has 1 fully saturated rings. The van der Waals surface area contributed by atoms with Gasteiger partial charge < -0.3 is 10.2 Å². The van der Waals surface area contributed by atoms with Gasteiger partial charge in [0, 0.05) is 37.7 Å². The minimum Gasteiger partial charge on any atom is -0.373 e. The van der Waals surface area contributed by atoms with E-state index < -0.39 is 0 Å². The number of nitrogens with one attached hydrogen (secondary N) is 1. The van der Waals surface area contributed by atoms with Crippen LogP contribution in [0.2, 0.25) is 0 Å². The number of carbonyl (C=O) groups is 1. The minimum absolute atomic E-state index is 0.117. The summed E-state index contributed by atoms with van der Waals surface area (Å²) in [5.74, 6) is 3.05. The standard InChI is InChI=1S/C12H17N3OS/c1-13-11-9-10(3-4-14-11)12(16)15-5-2-7-17-8-6-15/h3-4,9H,2,5-8H2,1H3,(H,13,14). The molecule has 0 aromatic carbocycles. The summed E-state index contributed by atoms with van der Waals surface area (Å²) >= 11 is 1.92. The van der Waals surface area contributed by atoms with Gasteiger partial charge in [-0.05, 0) is 24.3 Å². The fraction of sp³-hybridized carbons (Fsp3) is 0.500. The molecule has 1 aromatic heterocycles. The molecule has 0 aliphatic carbocycles. The average Bonchev–Trinajstić information content (AvgIpc) is 2.67. The summed E-state index contributed by atoms with van der Waals surface area (Å²) < 4.78 is 0. The molecule has 1 amide bonds. The number of carbonyl (C=O) groups excluding carboxylic acids is 1. The second-order valence-electron chi connectivity index (χ2n) is 3.94. The highest BCUT2D eigenvalue weighted by molar-refractivity contribution is 7.99. The highest BCUT2D eigenvalue weighted by Gasteiger charge is 2.17. The largest absolute Gasteiger partial charge is 0.373 e. The molecule has 2 rings (SSSR count). The van der Waals surface area contributed by atoms with E-state index in [9.17, 15) is 4.79 Å². The lowest BCUT2D eigenvalue weighted by Gasteiger charge is -2.20. The highest BCUT2D eigenvalue weighted by atomic mass is 32.2. The summed E-state index contributed by atoms with van der Waals surface area (Å²) in [5.41, 5.74) is 0.719. The molecule has 4 nitrogen and oxygen atoms in total. The summed E-state index contributed by atoms with van der Waals surface area (Å²) in [6, 6.07) is 3.58. The van der Waals surface area contributed by atoms with E-state index in [0.29, 0.717) is 0 Å². The van der Waals surface area contributed by atoms with Crippen molar-refractivity contribution < 1.29 is 4.79 Å². The van der Waals surface area contributed by atoms with Gasteiger partial charge in [0.2, 0.25) is 0 Å². The number of hydrogen-bond acceptors (Lipinski definition) is 4. The van der Waals surface area contributed by atoms with Crippen LogP contribution in [0.1, 0.15) is 16.8 Å². The first-order valence-electron chi connectivity index (χ1n) is 5.82. The number of amides is 1. The van der Waals surface area contributed by atoms with E-state index in [1.54, 1.807) is 25.4 Å². The first-order valence-corrected chi connectivity index (χ1v) is 6.97. The molecule has 0 saturated carbocycles. The van der Waals surface area contributed by atoms with Crippen molar-refractivity contribution in [2.75, 3.05) is 37.0 Å². The van der Waals surface area contributed by atoms with Crippen molar-refractivity contribution in [2.24, 2.45) is 0 Å². The Bertz CT molecular complexity index is 389. The van der Waals surface area contributed by atoms with Gasteiger partial charge in [-0.15, -0.1) is 0 Å². The van der Waals surface area contributed by atoms with Crippen LogP contribution in [0.15, 0.2) is 18.3 Å². The fourth-order valence-electron chi connectivity index (χ4n) is 1.83. The van der Waals surface area contributed by atoms with E-state index in [4.69, 9.17) is 0 Å². The van der Waals surface area contributed by atoms with Crippen LogP contribution in [0, 0.1) is 0 Å². The molecule has 5 heteroatoms. The van der Waals surface area contributed by atoms with Crippen LogP contribution >= 0.6 is 11.8 Å². The van der Waals surface area contributed by atoms with Crippen molar-refractivity contribution in [3.8, 4) is 0 Å². The molecule has 1 saturated heterocycles. The van der Waals surface area contributed by atoms with Gasteiger partial charge in [-0.3, -0.25) is 4.79 Å². The molecule has 1 aromatic rings. The number of anilines is 1. The van der Waals surface area contributed by atoms with E-state index >= 15 is 0 Å². The minimum atomic E-state index is 0.117. The van der Waals surface area contributed by atoms with Gasteiger partial charge in [-0.2, -0.15) is 11.8 Å². The summed E-state index contributed by atoms with van der Waals surface area (Å²) in [5, 5.41) is 2.95. The zero-order chi connectivity index (χ0) is 12.1. The van der Waals surface area contributed by atoms with Crippen LogP contribution in [0.5, 0.6) is 0 Å². The maximum Gasteiger partial charge on any atom is 0.254 e. The number of pyridine rings is 1. The van der Waals surface area contributed by atoms with Crippen LogP contribution in [0.3, 0.4) is 0 Å². The van der Waals surface area contributed by atoms with Crippen LogP contribution < -0.4 is 5.32 Å². The zero-order valence-corrected chi connectivity index (χ0v) is 10.8. The molecular weight excluding hydrogens is 234 g/mol. The average molecular weight is 251 g/mol. The van der Waals surface area contributed by atoms with Crippen molar-refractivity contribution in [1.29, 1.82) is 0 Å². The van der Waals surface area contributed by atoms with E-state index in [2.05, 4.69) is 10.3 Å². The number of aromatic nitrogens is 1. The van der Waals surface area contributed by atoms with Gasteiger partial charge in [0.25, 0.3) is 5.91 Å². The predicted octanol–water partition coefficient (Wildman–Crippen LogP) is 1.70. The monoisotopic (exact) mass is 251 g/mol. The maximum absolute atomic E-state index is 12.3. The van der Waals surface area contributed by atoms with Crippen molar-refractivity contribution >= 4 is 23.5 Å². The molecule has 17 heavy (non-hydrogen) atoms. The molecular formula is C12H17N3OS. The second-order valence-corrected chi connectivity index (χ2v) is 5.16. The molecule has 2 heterocycles. The van der Waals surface area contributed by atoms with E-state index in [-0.39, 0.29) is 5.91 Å².